The van der Waals surface area contributed by atoms with Gasteiger partial charge in [-0.05, 0) is 28.5 Å². The molecule has 124 valence electrons. The molecule has 0 radical (unpaired) electrons. The average Bonchev–Trinajstić information content (AvgIpc) is 3.01. The molecular formula is C19H12Cl2N2OS. The Morgan fingerprint density at radius 2 is 1.84 bits per heavy atom. The first-order valence-corrected chi connectivity index (χ1v) is 9.19. The minimum Gasteiger partial charge on any atom is -0.302 e. The van der Waals surface area contributed by atoms with Crippen molar-refractivity contribution in [2.75, 3.05) is 5.32 Å². The molecule has 3 nitrogen and oxygen atoms in total. The number of carbonyl (C=O) groups is 1. The maximum atomic E-state index is 12.3. The van der Waals surface area contributed by atoms with E-state index in [4.69, 9.17) is 23.2 Å². The molecule has 6 heteroatoms. The summed E-state index contributed by atoms with van der Waals surface area (Å²) >= 11 is 13.5. The third kappa shape index (κ3) is 3.33. The predicted molar refractivity (Wildman–Crippen MR) is 106 cm³/mol. The average molecular weight is 387 g/mol. The van der Waals surface area contributed by atoms with Gasteiger partial charge in [-0.2, -0.15) is 0 Å². The fourth-order valence-electron chi connectivity index (χ4n) is 2.69. The van der Waals surface area contributed by atoms with Crippen molar-refractivity contribution in [3.05, 3.63) is 70.2 Å². The van der Waals surface area contributed by atoms with Gasteiger partial charge in [-0.15, -0.1) is 0 Å². The fraction of sp³-hybridized carbons (Fsp3) is 0.0526. The summed E-state index contributed by atoms with van der Waals surface area (Å²) in [5, 5.41) is 6.50. The number of thiazole rings is 1. The van der Waals surface area contributed by atoms with E-state index in [2.05, 4.69) is 16.4 Å². The van der Waals surface area contributed by atoms with E-state index in [1.165, 1.54) is 11.3 Å². The van der Waals surface area contributed by atoms with Crippen LogP contribution < -0.4 is 5.32 Å². The number of aromatic nitrogens is 1. The van der Waals surface area contributed by atoms with Crippen LogP contribution in [-0.2, 0) is 11.2 Å². The van der Waals surface area contributed by atoms with Crippen LogP contribution in [0.1, 0.15) is 5.56 Å². The van der Waals surface area contributed by atoms with Gasteiger partial charge in [-0.25, -0.2) is 4.98 Å². The van der Waals surface area contributed by atoms with Crippen LogP contribution in [0.3, 0.4) is 0 Å². The molecule has 0 spiro atoms. The second-order valence-electron chi connectivity index (χ2n) is 5.63. The van der Waals surface area contributed by atoms with Crippen molar-refractivity contribution in [3.63, 3.8) is 0 Å². The number of hydrogen-bond acceptors (Lipinski definition) is 3. The molecule has 1 heterocycles. The molecule has 0 fully saturated rings. The van der Waals surface area contributed by atoms with E-state index in [9.17, 15) is 4.79 Å². The first-order chi connectivity index (χ1) is 12.1. The van der Waals surface area contributed by atoms with Gasteiger partial charge < -0.3 is 5.32 Å². The molecule has 25 heavy (non-hydrogen) atoms. The molecule has 3 aromatic carbocycles. The molecule has 0 saturated heterocycles. The summed E-state index contributed by atoms with van der Waals surface area (Å²) in [7, 11) is 0. The lowest BCUT2D eigenvalue weighted by atomic mass is 10.1. The molecule has 1 amide bonds. The van der Waals surface area contributed by atoms with Crippen LogP contribution in [0.4, 0.5) is 5.13 Å². The Labute approximate surface area is 158 Å². The quantitative estimate of drug-likeness (QED) is 0.473. The summed E-state index contributed by atoms with van der Waals surface area (Å²) in [6, 6.07) is 17.7. The molecule has 0 bridgehead atoms. The zero-order chi connectivity index (χ0) is 17.4. The zero-order valence-electron chi connectivity index (χ0n) is 12.9. The van der Waals surface area contributed by atoms with Crippen LogP contribution in [0.15, 0.2) is 54.6 Å². The van der Waals surface area contributed by atoms with Crippen LogP contribution >= 0.6 is 34.5 Å². The van der Waals surface area contributed by atoms with Crippen molar-refractivity contribution in [1.82, 2.24) is 4.98 Å². The summed E-state index contributed by atoms with van der Waals surface area (Å²) < 4.78 is 0.885. The lowest BCUT2D eigenvalue weighted by Crippen LogP contribution is -2.14. The third-order valence-corrected chi connectivity index (χ3v) is 5.61. The van der Waals surface area contributed by atoms with Crippen LogP contribution in [0.2, 0.25) is 10.0 Å². The van der Waals surface area contributed by atoms with E-state index >= 15 is 0 Å². The lowest BCUT2D eigenvalue weighted by Gasteiger charge is -2.04. The Balaban J connectivity index is 1.54. The number of halogens is 2. The molecule has 0 saturated carbocycles. The summed E-state index contributed by atoms with van der Waals surface area (Å²) in [4.78, 5) is 16.7. The van der Waals surface area contributed by atoms with Crippen molar-refractivity contribution in [2.24, 2.45) is 0 Å². The number of hydrogen-bond donors (Lipinski definition) is 1. The minimum absolute atomic E-state index is 0.114. The number of benzene rings is 3. The zero-order valence-corrected chi connectivity index (χ0v) is 15.3. The van der Waals surface area contributed by atoms with Crippen molar-refractivity contribution in [2.45, 2.75) is 6.42 Å². The van der Waals surface area contributed by atoms with Crippen molar-refractivity contribution in [3.8, 4) is 0 Å². The number of amides is 1. The van der Waals surface area contributed by atoms with Crippen molar-refractivity contribution < 1.29 is 4.79 Å². The van der Waals surface area contributed by atoms with Crippen molar-refractivity contribution >= 4 is 66.6 Å². The summed E-state index contributed by atoms with van der Waals surface area (Å²) in [5.74, 6) is -0.114. The molecule has 1 aromatic heterocycles. The number of carbonyl (C=O) groups excluding carboxylic acids is 1. The monoisotopic (exact) mass is 386 g/mol. The Morgan fingerprint density at radius 1 is 1.04 bits per heavy atom. The number of rotatable bonds is 3. The number of nitrogens with zero attached hydrogens (tertiary/aromatic N) is 1. The molecule has 0 unspecified atom stereocenters. The van der Waals surface area contributed by atoms with E-state index in [-0.39, 0.29) is 12.3 Å². The topological polar surface area (TPSA) is 42.0 Å². The number of nitrogens with one attached hydrogen (secondary N) is 1. The molecule has 1 N–H and O–H groups in total. The van der Waals surface area contributed by atoms with E-state index in [0.717, 1.165) is 21.0 Å². The summed E-state index contributed by atoms with van der Waals surface area (Å²) in [6.07, 6.45) is 0.287. The van der Waals surface area contributed by atoms with Gasteiger partial charge in [-0.1, -0.05) is 77.0 Å². The van der Waals surface area contributed by atoms with Crippen LogP contribution in [0.5, 0.6) is 0 Å². The number of anilines is 1. The first-order valence-electron chi connectivity index (χ1n) is 7.62. The fourth-order valence-corrected chi connectivity index (χ4v) is 3.99. The second kappa shape index (κ2) is 6.64. The normalized spacial score (nSPS) is 11.1. The Morgan fingerprint density at radius 3 is 2.68 bits per heavy atom. The highest BCUT2D eigenvalue weighted by molar-refractivity contribution is 7.22. The highest BCUT2D eigenvalue weighted by atomic mass is 35.5. The van der Waals surface area contributed by atoms with Gasteiger partial charge in [0.2, 0.25) is 5.91 Å². The standard InChI is InChI=1S/C19H12Cl2N2OS/c20-14-7-8-15-18(17(14)21)23-19(25-15)22-16(24)10-11-5-6-12-3-1-2-4-13(12)9-11/h1-9H,10H2,(H,22,23,24). The molecule has 0 atom stereocenters. The summed E-state index contributed by atoms with van der Waals surface area (Å²) in [5.41, 5.74) is 1.57. The smallest absolute Gasteiger partial charge is 0.230 e. The van der Waals surface area contributed by atoms with Crippen molar-refractivity contribution in [1.29, 1.82) is 0 Å². The van der Waals surface area contributed by atoms with Gasteiger partial charge in [0.15, 0.2) is 5.13 Å². The highest BCUT2D eigenvalue weighted by Gasteiger charge is 2.12. The Bertz CT molecular complexity index is 1110. The van der Waals surface area contributed by atoms with Gasteiger partial charge >= 0.3 is 0 Å². The predicted octanol–water partition coefficient (Wildman–Crippen LogP) is 5.94. The maximum Gasteiger partial charge on any atom is 0.230 e. The van der Waals surface area contributed by atoms with Gasteiger partial charge in [0.1, 0.15) is 5.52 Å². The third-order valence-electron chi connectivity index (χ3n) is 3.88. The second-order valence-corrected chi connectivity index (χ2v) is 7.45. The molecule has 4 rings (SSSR count). The summed E-state index contributed by atoms with van der Waals surface area (Å²) in [6.45, 7) is 0. The minimum atomic E-state index is -0.114. The lowest BCUT2D eigenvalue weighted by molar-refractivity contribution is -0.115. The molecule has 4 aromatic rings. The van der Waals surface area contributed by atoms with Crippen LogP contribution in [0, 0.1) is 0 Å². The Hall–Kier alpha value is -2.14. The Kier molecular flexibility index (Phi) is 4.34. The van der Waals surface area contributed by atoms with E-state index in [1.54, 1.807) is 6.07 Å². The highest BCUT2D eigenvalue weighted by Crippen LogP contribution is 2.35. The maximum absolute atomic E-state index is 12.3. The first kappa shape index (κ1) is 16.3. The molecular weight excluding hydrogens is 375 g/mol. The van der Waals surface area contributed by atoms with Gasteiger partial charge in [0.25, 0.3) is 0 Å². The van der Waals surface area contributed by atoms with E-state index < -0.39 is 0 Å². The van der Waals surface area contributed by atoms with E-state index in [0.29, 0.717) is 20.7 Å². The van der Waals surface area contributed by atoms with Gasteiger partial charge in [-0.3, -0.25) is 4.79 Å². The van der Waals surface area contributed by atoms with E-state index in [1.807, 2.05) is 42.5 Å². The molecule has 0 aliphatic rings. The SMILES string of the molecule is O=C(Cc1ccc2ccccc2c1)Nc1nc2c(Cl)c(Cl)ccc2s1. The van der Waals surface area contributed by atoms with Crippen LogP contribution in [-0.4, -0.2) is 10.9 Å². The largest absolute Gasteiger partial charge is 0.302 e. The van der Waals surface area contributed by atoms with Gasteiger partial charge in [0, 0.05) is 0 Å². The molecule has 0 aliphatic carbocycles. The molecule has 0 aliphatic heterocycles. The number of fused-ring (bicyclic) bond motifs is 2. The van der Waals surface area contributed by atoms with Gasteiger partial charge in [0.05, 0.1) is 21.2 Å². The van der Waals surface area contributed by atoms with Crippen LogP contribution in [0.25, 0.3) is 21.0 Å².